The standard InChI is InChI=1S/C50H94N4O5/c1-3-5-7-9-11-13-15-17-19-21-23-25-27-29-31-33-35-54(36-34-32-30-28-26-24-22-20-18-16-14-12-10-8-6-4-2)37-38-56-39-40-57-41-42-58-43-44-59-50(55)49(51)45-48-46-52-47-53-48/h33-36,46-47,49H,3-32,37-45,51H2,1-2H3,(H,52,53)/b35-33-,36-34+. The molecule has 0 aliphatic rings. The van der Waals surface area contributed by atoms with Gasteiger partial charge >= 0.3 is 5.97 Å². The molecule has 0 aromatic carbocycles. The molecule has 0 bridgehead atoms. The van der Waals surface area contributed by atoms with Crippen molar-refractivity contribution in [2.75, 3.05) is 52.8 Å². The van der Waals surface area contributed by atoms with Crippen LogP contribution < -0.4 is 5.73 Å². The van der Waals surface area contributed by atoms with E-state index >= 15 is 0 Å². The number of allylic oxidation sites excluding steroid dienone is 2. The number of aromatic amines is 1. The van der Waals surface area contributed by atoms with Crippen molar-refractivity contribution in [1.29, 1.82) is 0 Å². The van der Waals surface area contributed by atoms with Crippen LogP contribution in [0, 0.1) is 0 Å². The molecule has 9 nitrogen and oxygen atoms in total. The molecule has 9 heteroatoms. The van der Waals surface area contributed by atoms with E-state index in [2.05, 4.69) is 53.3 Å². The third-order valence-corrected chi connectivity index (χ3v) is 11.0. The fraction of sp³-hybridized carbons (Fsp3) is 0.840. The molecule has 3 N–H and O–H groups in total. The number of hydrogen-bond acceptors (Lipinski definition) is 8. The van der Waals surface area contributed by atoms with E-state index in [4.69, 9.17) is 24.7 Å². The summed E-state index contributed by atoms with van der Waals surface area (Å²) in [5, 5.41) is 0. The van der Waals surface area contributed by atoms with Gasteiger partial charge in [-0.05, 0) is 38.1 Å². The second kappa shape index (κ2) is 45.3. The predicted octanol–water partition coefficient (Wildman–Crippen LogP) is 12.9. The first kappa shape index (κ1) is 54.8. The lowest BCUT2D eigenvalue weighted by Gasteiger charge is -2.16. The summed E-state index contributed by atoms with van der Waals surface area (Å²) in [6.45, 7) is 8.50. The predicted molar refractivity (Wildman–Crippen MR) is 249 cm³/mol. The Balaban J connectivity index is 2.17. The zero-order valence-electron chi connectivity index (χ0n) is 38.6. The van der Waals surface area contributed by atoms with Crippen LogP contribution in [0.25, 0.3) is 0 Å². The number of aromatic nitrogens is 2. The van der Waals surface area contributed by atoms with Crippen LogP contribution in [0.2, 0.25) is 0 Å². The molecule has 0 saturated carbocycles. The summed E-state index contributed by atoms with van der Waals surface area (Å²) < 4.78 is 22.3. The van der Waals surface area contributed by atoms with E-state index in [-0.39, 0.29) is 6.61 Å². The number of ether oxygens (including phenoxy) is 4. The van der Waals surface area contributed by atoms with E-state index in [0.29, 0.717) is 46.1 Å². The molecule has 1 atom stereocenters. The van der Waals surface area contributed by atoms with E-state index in [1.54, 1.807) is 12.5 Å². The Morgan fingerprint density at radius 1 is 0.576 bits per heavy atom. The summed E-state index contributed by atoms with van der Waals surface area (Å²) in [6.07, 6.45) is 54.2. The molecule has 0 aliphatic carbocycles. The molecule has 1 heterocycles. The fourth-order valence-corrected chi connectivity index (χ4v) is 7.27. The Kier molecular flexibility index (Phi) is 42.1. The third-order valence-electron chi connectivity index (χ3n) is 11.0. The highest BCUT2D eigenvalue weighted by Gasteiger charge is 2.16. The van der Waals surface area contributed by atoms with Gasteiger partial charge in [-0.1, -0.05) is 193 Å². The van der Waals surface area contributed by atoms with Gasteiger partial charge in [0.05, 0.1) is 46.0 Å². The van der Waals surface area contributed by atoms with Gasteiger partial charge in [-0.15, -0.1) is 0 Å². The molecule has 0 fully saturated rings. The van der Waals surface area contributed by atoms with Gasteiger partial charge in [-0.3, -0.25) is 4.79 Å². The molecule has 0 amide bonds. The van der Waals surface area contributed by atoms with E-state index in [1.165, 1.54) is 180 Å². The molecular formula is C50H94N4O5. The number of esters is 1. The van der Waals surface area contributed by atoms with Crippen LogP contribution in [0.5, 0.6) is 0 Å². The highest BCUT2D eigenvalue weighted by molar-refractivity contribution is 5.75. The quantitative estimate of drug-likeness (QED) is 0.0493. The maximum atomic E-state index is 12.0. The lowest BCUT2D eigenvalue weighted by atomic mass is 10.0. The van der Waals surface area contributed by atoms with E-state index < -0.39 is 12.0 Å². The molecular weight excluding hydrogens is 737 g/mol. The van der Waals surface area contributed by atoms with Crippen LogP contribution in [0.1, 0.15) is 212 Å². The van der Waals surface area contributed by atoms with Crippen LogP contribution in [0.3, 0.4) is 0 Å². The molecule has 1 aromatic rings. The van der Waals surface area contributed by atoms with Crippen molar-refractivity contribution >= 4 is 5.97 Å². The third kappa shape index (κ3) is 39.7. The average Bonchev–Trinajstić information content (AvgIpc) is 3.76. The van der Waals surface area contributed by atoms with Crippen LogP contribution in [-0.2, 0) is 30.2 Å². The van der Waals surface area contributed by atoms with Crippen molar-refractivity contribution in [2.45, 2.75) is 219 Å². The van der Waals surface area contributed by atoms with E-state index in [9.17, 15) is 4.79 Å². The number of hydrogen-bond donors (Lipinski definition) is 2. The number of carbonyl (C=O) groups excluding carboxylic acids is 1. The molecule has 0 aliphatic heterocycles. The molecule has 344 valence electrons. The Morgan fingerprint density at radius 3 is 1.34 bits per heavy atom. The van der Waals surface area contributed by atoms with Gasteiger partial charge < -0.3 is 34.6 Å². The number of unbranched alkanes of at least 4 members (excludes halogenated alkanes) is 28. The number of imidazole rings is 1. The zero-order chi connectivity index (χ0) is 42.4. The minimum Gasteiger partial charge on any atom is -0.462 e. The molecule has 59 heavy (non-hydrogen) atoms. The summed E-state index contributed by atoms with van der Waals surface area (Å²) in [5.74, 6) is -0.448. The van der Waals surface area contributed by atoms with E-state index in [0.717, 1.165) is 25.1 Å². The molecule has 0 spiro atoms. The first-order valence-corrected chi connectivity index (χ1v) is 24.9. The summed E-state index contributed by atoms with van der Waals surface area (Å²) >= 11 is 0. The van der Waals surface area contributed by atoms with Gasteiger partial charge in [0.25, 0.3) is 0 Å². The smallest absolute Gasteiger partial charge is 0.323 e. The summed E-state index contributed by atoms with van der Waals surface area (Å²) in [6, 6.07) is -0.726. The number of nitrogens with one attached hydrogen (secondary N) is 1. The summed E-state index contributed by atoms with van der Waals surface area (Å²) in [4.78, 5) is 21.2. The Bertz CT molecular complexity index is 995. The molecule has 0 saturated heterocycles. The van der Waals surface area contributed by atoms with Crippen LogP contribution >= 0.6 is 0 Å². The SMILES string of the molecule is CCCCCCCCCCCCCCCC/C=C\N(/C=C/CCCCCCCCCCCCCCCC)CCOCCOCCOCCOC(=O)C(N)Cc1cnc[nH]1. The van der Waals surface area contributed by atoms with Crippen LogP contribution in [0.15, 0.2) is 37.1 Å². The van der Waals surface area contributed by atoms with Gasteiger partial charge in [-0.25, -0.2) is 4.98 Å². The maximum Gasteiger partial charge on any atom is 0.323 e. The van der Waals surface area contributed by atoms with Gasteiger partial charge in [-0.2, -0.15) is 0 Å². The number of H-pyrrole nitrogens is 1. The first-order valence-electron chi connectivity index (χ1n) is 24.9. The van der Waals surface area contributed by atoms with Crippen molar-refractivity contribution in [3.8, 4) is 0 Å². The second-order valence-corrected chi connectivity index (χ2v) is 16.7. The van der Waals surface area contributed by atoms with Gasteiger partial charge in [0.2, 0.25) is 0 Å². The fourth-order valence-electron chi connectivity index (χ4n) is 7.27. The lowest BCUT2D eigenvalue weighted by Crippen LogP contribution is -2.35. The largest absolute Gasteiger partial charge is 0.462 e. The number of rotatable bonds is 47. The van der Waals surface area contributed by atoms with Gasteiger partial charge in [0, 0.05) is 24.9 Å². The average molecular weight is 831 g/mol. The second-order valence-electron chi connectivity index (χ2n) is 16.7. The van der Waals surface area contributed by atoms with Gasteiger partial charge in [0.1, 0.15) is 12.6 Å². The van der Waals surface area contributed by atoms with Crippen molar-refractivity contribution in [2.24, 2.45) is 5.73 Å². The van der Waals surface area contributed by atoms with Crippen molar-refractivity contribution in [1.82, 2.24) is 14.9 Å². The maximum absolute atomic E-state index is 12.0. The zero-order valence-corrected chi connectivity index (χ0v) is 38.6. The topological polar surface area (TPSA) is 112 Å². The number of carbonyl (C=O) groups is 1. The monoisotopic (exact) mass is 831 g/mol. The molecule has 1 rings (SSSR count). The molecule has 1 aromatic heterocycles. The Morgan fingerprint density at radius 2 is 0.949 bits per heavy atom. The van der Waals surface area contributed by atoms with Crippen LogP contribution in [0.4, 0.5) is 0 Å². The first-order chi connectivity index (χ1) is 29.2. The highest BCUT2D eigenvalue weighted by atomic mass is 16.6. The molecule has 1 unspecified atom stereocenters. The normalized spacial score (nSPS) is 12.3. The summed E-state index contributed by atoms with van der Waals surface area (Å²) in [5.41, 5.74) is 6.69. The molecule has 0 radical (unpaired) electrons. The van der Waals surface area contributed by atoms with Crippen molar-refractivity contribution in [3.63, 3.8) is 0 Å². The lowest BCUT2D eigenvalue weighted by molar-refractivity contribution is -0.146. The number of nitrogens with zero attached hydrogens (tertiary/aromatic N) is 2. The summed E-state index contributed by atoms with van der Waals surface area (Å²) in [7, 11) is 0. The minimum absolute atomic E-state index is 0.164. The minimum atomic E-state index is -0.726. The van der Waals surface area contributed by atoms with Crippen molar-refractivity contribution in [3.05, 3.63) is 42.8 Å². The highest BCUT2D eigenvalue weighted by Crippen LogP contribution is 2.15. The Hall–Kier alpha value is -2.20. The van der Waals surface area contributed by atoms with Crippen LogP contribution in [-0.4, -0.2) is 79.7 Å². The Labute approximate surface area is 363 Å². The van der Waals surface area contributed by atoms with Crippen molar-refractivity contribution < 1.29 is 23.7 Å². The van der Waals surface area contributed by atoms with Gasteiger partial charge in [0.15, 0.2) is 0 Å². The number of nitrogens with two attached hydrogens (primary N) is 1. The van der Waals surface area contributed by atoms with E-state index in [1.807, 2.05) is 0 Å².